The summed E-state index contributed by atoms with van der Waals surface area (Å²) in [4.78, 5) is 26.8. The highest BCUT2D eigenvalue weighted by atomic mass is 32.1. The minimum atomic E-state index is -1.41. The molecule has 1 aromatic heterocycles. The van der Waals surface area contributed by atoms with E-state index in [2.05, 4.69) is 10.3 Å². The van der Waals surface area contributed by atoms with Gasteiger partial charge in [0, 0.05) is 10.9 Å². The maximum atomic E-state index is 12.8. The predicted octanol–water partition coefficient (Wildman–Crippen LogP) is 1.06. The van der Waals surface area contributed by atoms with E-state index in [4.69, 9.17) is 11.0 Å². The summed E-state index contributed by atoms with van der Waals surface area (Å²) in [6, 6.07) is 5.82. The van der Waals surface area contributed by atoms with E-state index in [1.807, 2.05) is 0 Å². The van der Waals surface area contributed by atoms with Crippen LogP contribution in [0.1, 0.15) is 10.5 Å². The summed E-state index contributed by atoms with van der Waals surface area (Å²) in [5, 5.41) is 12.8. The Morgan fingerprint density at radius 1 is 1.38 bits per heavy atom. The van der Waals surface area contributed by atoms with Crippen LogP contribution in [0.4, 0.5) is 4.39 Å². The molecule has 0 aliphatic carbocycles. The molecule has 0 aliphatic rings. The minimum absolute atomic E-state index is 0.0563. The standard InChI is InChI=1S/C13H9FN4O2S/c14-8-3-1-7(2-4-8)13-18-10(6-21-13)12(20)17-9(5-15)11(16)19/h1-4,6,9H,(H2,16,19)(H,17,20)/t9-/m1/s1. The number of carbonyl (C=O) groups is 2. The fourth-order valence-electron chi connectivity index (χ4n) is 1.48. The highest BCUT2D eigenvalue weighted by Gasteiger charge is 2.20. The number of nitrogens with one attached hydrogen (secondary N) is 1. The third-order valence-electron chi connectivity index (χ3n) is 2.52. The predicted molar refractivity (Wildman–Crippen MR) is 73.6 cm³/mol. The maximum Gasteiger partial charge on any atom is 0.272 e. The van der Waals surface area contributed by atoms with Gasteiger partial charge in [-0.1, -0.05) is 0 Å². The van der Waals surface area contributed by atoms with Gasteiger partial charge in [-0.25, -0.2) is 9.37 Å². The molecule has 1 atom stereocenters. The van der Waals surface area contributed by atoms with Gasteiger partial charge in [-0.2, -0.15) is 5.26 Å². The number of hydrogen-bond donors (Lipinski definition) is 2. The van der Waals surface area contributed by atoms with E-state index in [9.17, 15) is 14.0 Å². The average Bonchev–Trinajstić information content (AvgIpc) is 2.94. The molecule has 1 aromatic carbocycles. The average molecular weight is 304 g/mol. The van der Waals surface area contributed by atoms with E-state index in [1.54, 1.807) is 6.07 Å². The van der Waals surface area contributed by atoms with Gasteiger partial charge in [0.15, 0.2) is 6.04 Å². The van der Waals surface area contributed by atoms with Crippen molar-refractivity contribution in [3.63, 3.8) is 0 Å². The smallest absolute Gasteiger partial charge is 0.272 e. The topological polar surface area (TPSA) is 109 Å². The lowest BCUT2D eigenvalue weighted by Gasteiger charge is -2.05. The zero-order chi connectivity index (χ0) is 15.4. The van der Waals surface area contributed by atoms with E-state index in [1.165, 1.54) is 41.0 Å². The fourth-order valence-corrected chi connectivity index (χ4v) is 2.28. The molecule has 0 fully saturated rings. The zero-order valence-corrected chi connectivity index (χ0v) is 11.4. The van der Waals surface area contributed by atoms with Crippen LogP contribution in [-0.2, 0) is 4.79 Å². The van der Waals surface area contributed by atoms with Gasteiger partial charge < -0.3 is 11.1 Å². The second kappa shape index (κ2) is 6.11. The van der Waals surface area contributed by atoms with Gasteiger partial charge in [-0.05, 0) is 24.3 Å². The molecule has 0 spiro atoms. The number of benzene rings is 1. The van der Waals surface area contributed by atoms with Gasteiger partial charge in [0.1, 0.15) is 16.5 Å². The molecule has 8 heteroatoms. The minimum Gasteiger partial charge on any atom is -0.367 e. The number of thiazole rings is 1. The van der Waals surface area contributed by atoms with Gasteiger partial charge in [0.05, 0.1) is 6.07 Å². The molecule has 3 N–H and O–H groups in total. The van der Waals surface area contributed by atoms with Crippen LogP contribution in [0.25, 0.3) is 10.6 Å². The van der Waals surface area contributed by atoms with Crippen LogP contribution < -0.4 is 11.1 Å². The fraction of sp³-hybridized carbons (Fsp3) is 0.0769. The first-order valence-electron chi connectivity index (χ1n) is 5.72. The summed E-state index contributed by atoms with van der Waals surface area (Å²) in [6.45, 7) is 0. The van der Waals surface area contributed by atoms with E-state index >= 15 is 0 Å². The Morgan fingerprint density at radius 3 is 2.62 bits per heavy atom. The number of primary amides is 1. The summed E-state index contributed by atoms with van der Waals surface area (Å²) in [7, 11) is 0. The Morgan fingerprint density at radius 2 is 2.05 bits per heavy atom. The molecular weight excluding hydrogens is 295 g/mol. The van der Waals surface area contributed by atoms with Crippen LogP contribution in [0.3, 0.4) is 0 Å². The van der Waals surface area contributed by atoms with Crippen LogP contribution in [-0.4, -0.2) is 22.8 Å². The zero-order valence-electron chi connectivity index (χ0n) is 10.5. The molecule has 0 saturated carbocycles. The number of nitriles is 1. The van der Waals surface area contributed by atoms with E-state index in [0.717, 1.165) is 0 Å². The van der Waals surface area contributed by atoms with Crippen molar-refractivity contribution in [2.24, 2.45) is 5.73 Å². The van der Waals surface area contributed by atoms with Crippen LogP contribution in [0.2, 0.25) is 0 Å². The molecule has 0 aliphatic heterocycles. The molecule has 0 bridgehead atoms. The largest absolute Gasteiger partial charge is 0.367 e. The number of aromatic nitrogens is 1. The molecule has 0 unspecified atom stereocenters. The van der Waals surface area contributed by atoms with Gasteiger partial charge in [0.2, 0.25) is 0 Å². The molecule has 2 amide bonds. The van der Waals surface area contributed by atoms with Crippen molar-refractivity contribution in [3.05, 3.63) is 41.2 Å². The van der Waals surface area contributed by atoms with Gasteiger partial charge in [-0.15, -0.1) is 11.3 Å². The first-order valence-corrected chi connectivity index (χ1v) is 6.60. The number of amides is 2. The van der Waals surface area contributed by atoms with E-state index in [0.29, 0.717) is 10.6 Å². The number of carbonyl (C=O) groups excluding carboxylic acids is 2. The third-order valence-corrected chi connectivity index (χ3v) is 3.41. The number of nitrogens with zero attached hydrogens (tertiary/aromatic N) is 2. The molecule has 0 saturated heterocycles. The molecule has 21 heavy (non-hydrogen) atoms. The third kappa shape index (κ3) is 3.40. The quantitative estimate of drug-likeness (QED) is 0.880. The molecular formula is C13H9FN4O2S. The first kappa shape index (κ1) is 14.6. The van der Waals surface area contributed by atoms with Crippen molar-refractivity contribution in [1.82, 2.24) is 10.3 Å². The Balaban J connectivity index is 2.16. The van der Waals surface area contributed by atoms with Gasteiger partial charge >= 0.3 is 0 Å². The van der Waals surface area contributed by atoms with Crippen molar-refractivity contribution >= 4 is 23.2 Å². The second-order valence-electron chi connectivity index (χ2n) is 3.98. The molecule has 0 radical (unpaired) electrons. The van der Waals surface area contributed by atoms with Crippen LogP contribution in [0, 0.1) is 17.1 Å². The number of halogens is 1. The van der Waals surface area contributed by atoms with Crippen LogP contribution >= 0.6 is 11.3 Å². The number of hydrogen-bond acceptors (Lipinski definition) is 5. The number of rotatable bonds is 4. The molecule has 2 aromatic rings. The summed E-state index contributed by atoms with van der Waals surface area (Å²) in [5.74, 6) is -1.99. The van der Waals surface area contributed by atoms with Crippen LogP contribution in [0.15, 0.2) is 29.6 Å². The maximum absolute atomic E-state index is 12.8. The Labute approximate surface area is 123 Å². The Kier molecular flexibility index (Phi) is 4.25. The van der Waals surface area contributed by atoms with Crippen molar-refractivity contribution < 1.29 is 14.0 Å². The molecule has 1 heterocycles. The monoisotopic (exact) mass is 304 g/mol. The van der Waals surface area contributed by atoms with Gasteiger partial charge in [0.25, 0.3) is 11.8 Å². The van der Waals surface area contributed by atoms with Crippen LogP contribution in [0.5, 0.6) is 0 Å². The Hall–Kier alpha value is -2.79. The van der Waals surface area contributed by atoms with Crippen molar-refractivity contribution in [2.75, 3.05) is 0 Å². The summed E-state index contributed by atoms with van der Waals surface area (Å²) < 4.78 is 12.8. The lowest BCUT2D eigenvalue weighted by atomic mass is 10.2. The number of nitrogens with two attached hydrogens (primary N) is 1. The van der Waals surface area contributed by atoms with Crippen molar-refractivity contribution in [2.45, 2.75) is 6.04 Å². The first-order chi connectivity index (χ1) is 10.0. The Bertz CT molecular complexity index is 721. The lowest BCUT2D eigenvalue weighted by molar-refractivity contribution is -0.118. The van der Waals surface area contributed by atoms with Gasteiger partial charge in [-0.3, -0.25) is 9.59 Å². The summed E-state index contributed by atoms with van der Waals surface area (Å²) >= 11 is 1.19. The lowest BCUT2D eigenvalue weighted by Crippen LogP contribution is -2.43. The second-order valence-corrected chi connectivity index (χ2v) is 4.84. The molecule has 106 valence electrons. The van der Waals surface area contributed by atoms with E-state index in [-0.39, 0.29) is 11.5 Å². The van der Waals surface area contributed by atoms with Crippen molar-refractivity contribution in [1.29, 1.82) is 5.26 Å². The molecule has 6 nitrogen and oxygen atoms in total. The highest BCUT2D eigenvalue weighted by Crippen LogP contribution is 2.23. The SMILES string of the molecule is N#C[C@@H](NC(=O)c1csc(-c2ccc(F)cc2)n1)C(N)=O. The summed E-state index contributed by atoms with van der Waals surface area (Å²) in [5.41, 5.74) is 5.67. The normalized spacial score (nSPS) is 11.4. The van der Waals surface area contributed by atoms with Crippen molar-refractivity contribution in [3.8, 4) is 16.6 Å². The highest BCUT2D eigenvalue weighted by molar-refractivity contribution is 7.13. The van der Waals surface area contributed by atoms with E-state index < -0.39 is 17.9 Å². The summed E-state index contributed by atoms with van der Waals surface area (Å²) in [6.07, 6.45) is 0. The molecule has 2 rings (SSSR count).